The molecule has 1 heterocycles. The van der Waals surface area contributed by atoms with Crippen molar-refractivity contribution in [3.63, 3.8) is 0 Å². The molecule has 7 heteroatoms. The molecule has 1 aromatic heterocycles. The topological polar surface area (TPSA) is 99.5 Å². The molecule has 0 saturated heterocycles. The van der Waals surface area contributed by atoms with Crippen molar-refractivity contribution in [2.75, 3.05) is 6.54 Å². The molecule has 0 spiro atoms. The molecule has 0 fully saturated rings. The second kappa shape index (κ2) is 7.21. The number of amides is 1. The van der Waals surface area contributed by atoms with Crippen LogP contribution in [-0.4, -0.2) is 39.7 Å². The average Bonchev–Trinajstić information content (AvgIpc) is 2.37. The largest absolute Gasteiger partial charge is 0.479 e. The summed E-state index contributed by atoms with van der Waals surface area (Å²) < 4.78 is 0. The molecule has 6 nitrogen and oxygen atoms in total. The SMILES string of the molecule is CC(C)c1cc(C(=O)NCCC(O)C(=O)O)cc(Cl)n1. The number of hydrogen-bond donors (Lipinski definition) is 3. The summed E-state index contributed by atoms with van der Waals surface area (Å²) in [5.41, 5.74) is 1.06. The van der Waals surface area contributed by atoms with E-state index in [0.717, 1.165) is 0 Å². The zero-order valence-electron chi connectivity index (χ0n) is 11.3. The third-order valence-electron chi connectivity index (χ3n) is 2.66. The predicted molar refractivity (Wildman–Crippen MR) is 73.9 cm³/mol. The number of carbonyl (C=O) groups is 2. The van der Waals surface area contributed by atoms with E-state index in [9.17, 15) is 9.59 Å². The number of carbonyl (C=O) groups excluding carboxylic acids is 1. The highest BCUT2D eigenvalue weighted by Gasteiger charge is 2.14. The molecule has 20 heavy (non-hydrogen) atoms. The maximum Gasteiger partial charge on any atom is 0.332 e. The fourth-order valence-electron chi connectivity index (χ4n) is 1.49. The van der Waals surface area contributed by atoms with Crippen LogP contribution in [-0.2, 0) is 4.79 Å². The first-order valence-electron chi connectivity index (χ1n) is 6.17. The Morgan fingerprint density at radius 2 is 2.05 bits per heavy atom. The van der Waals surface area contributed by atoms with Crippen molar-refractivity contribution in [1.29, 1.82) is 0 Å². The molecule has 1 unspecified atom stereocenters. The van der Waals surface area contributed by atoms with E-state index in [2.05, 4.69) is 10.3 Å². The van der Waals surface area contributed by atoms with Crippen LogP contribution in [0.2, 0.25) is 5.15 Å². The van der Waals surface area contributed by atoms with E-state index in [4.69, 9.17) is 21.8 Å². The van der Waals surface area contributed by atoms with Gasteiger partial charge < -0.3 is 15.5 Å². The fraction of sp³-hybridized carbons (Fsp3) is 0.462. The van der Waals surface area contributed by atoms with Crippen LogP contribution in [0.1, 0.15) is 42.2 Å². The molecule has 3 N–H and O–H groups in total. The normalized spacial score (nSPS) is 12.2. The van der Waals surface area contributed by atoms with E-state index in [1.54, 1.807) is 6.07 Å². The van der Waals surface area contributed by atoms with Gasteiger partial charge in [-0.2, -0.15) is 0 Å². The van der Waals surface area contributed by atoms with Crippen LogP contribution in [0, 0.1) is 0 Å². The summed E-state index contributed by atoms with van der Waals surface area (Å²) in [6.45, 7) is 3.93. The van der Waals surface area contributed by atoms with E-state index in [1.165, 1.54) is 6.07 Å². The Morgan fingerprint density at radius 1 is 1.40 bits per heavy atom. The minimum atomic E-state index is -1.48. The van der Waals surface area contributed by atoms with E-state index in [0.29, 0.717) is 11.3 Å². The molecule has 0 radical (unpaired) electrons. The van der Waals surface area contributed by atoms with Crippen LogP contribution in [0.25, 0.3) is 0 Å². The fourth-order valence-corrected chi connectivity index (χ4v) is 1.71. The van der Waals surface area contributed by atoms with Gasteiger partial charge in [0.2, 0.25) is 0 Å². The number of aliphatic hydroxyl groups excluding tert-OH is 1. The van der Waals surface area contributed by atoms with Gasteiger partial charge >= 0.3 is 5.97 Å². The van der Waals surface area contributed by atoms with Gasteiger partial charge in [0.25, 0.3) is 5.91 Å². The number of aliphatic carboxylic acids is 1. The summed E-state index contributed by atoms with van der Waals surface area (Å²) in [6, 6.07) is 3.08. The molecule has 1 atom stereocenters. The molecule has 110 valence electrons. The second-order valence-electron chi connectivity index (χ2n) is 4.66. The van der Waals surface area contributed by atoms with Gasteiger partial charge in [0.1, 0.15) is 5.15 Å². The van der Waals surface area contributed by atoms with E-state index in [1.807, 2.05) is 13.8 Å². The van der Waals surface area contributed by atoms with Gasteiger partial charge in [0.05, 0.1) is 0 Å². The third kappa shape index (κ3) is 4.79. The second-order valence-corrected chi connectivity index (χ2v) is 5.04. The maximum atomic E-state index is 11.9. The summed E-state index contributed by atoms with van der Waals surface area (Å²) in [7, 11) is 0. The van der Waals surface area contributed by atoms with Crippen LogP contribution in [0.15, 0.2) is 12.1 Å². The number of pyridine rings is 1. The Hall–Kier alpha value is -1.66. The number of hydrogen-bond acceptors (Lipinski definition) is 4. The molecule has 0 aliphatic heterocycles. The molecule has 1 rings (SSSR count). The van der Waals surface area contributed by atoms with Crippen LogP contribution >= 0.6 is 11.6 Å². The molecule has 0 aliphatic rings. The minimum Gasteiger partial charge on any atom is -0.479 e. The molecule has 1 amide bonds. The van der Waals surface area contributed by atoms with Gasteiger partial charge in [-0.1, -0.05) is 25.4 Å². The van der Waals surface area contributed by atoms with Crippen molar-refractivity contribution in [3.05, 3.63) is 28.5 Å². The van der Waals surface area contributed by atoms with Gasteiger partial charge in [-0.25, -0.2) is 9.78 Å². The smallest absolute Gasteiger partial charge is 0.332 e. The summed E-state index contributed by atoms with van der Waals surface area (Å²) >= 11 is 5.86. The van der Waals surface area contributed by atoms with E-state index in [-0.39, 0.29) is 29.9 Å². The van der Waals surface area contributed by atoms with Crippen molar-refractivity contribution in [3.8, 4) is 0 Å². The van der Waals surface area contributed by atoms with E-state index >= 15 is 0 Å². The predicted octanol–water partition coefficient (Wildman–Crippen LogP) is 1.42. The van der Waals surface area contributed by atoms with Gasteiger partial charge in [-0.05, 0) is 18.1 Å². The van der Waals surface area contributed by atoms with Crippen LogP contribution < -0.4 is 5.32 Å². The Kier molecular flexibility index (Phi) is 5.91. The minimum absolute atomic E-state index is 0.0586. The molecule has 0 saturated carbocycles. The lowest BCUT2D eigenvalue weighted by Gasteiger charge is -2.10. The summed E-state index contributed by atoms with van der Waals surface area (Å²) in [4.78, 5) is 26.4. The summed E-state index contributed by atoms with van der Waals surface area (Å²) in [6.07, 6.45) is -1.54. The lowest BCUT2D eigenvalue weighted by Crippen LogP contribution is -2.30. The summed E-state index contributed by atoms with van der Waals surface area (Å²) in [5.74, 6) is -1.56. The van der Waals surface area contributed by atoms with Crippen LogP contribution in [0.4, 0.5) is 0 Å². The molecular weight excluding hydrogens is 284 g/mol. The molecule has 0 aliphatic carbocycles. The first-order valence-corrected chi connectivity index (χ1v) is 6.55. The maximum absolute atomic E-state index is 11.9. The number of carboxylic acid groups (broad SMARTS) is 1. The Morgan fingerprint density at radius 3 is 2.60 bits per heavy atom. The zero-order valence-corrected chi connectivity index (χ0v) is 12.0. The van der Waals surface area contributed by atoms with Crippen LogP contribution in [0.3, 0.4) is 0 Å². The van der Waals surface area contributed by atoms with Gasteiger partial charge in [-0.3, -0.25) is 4.79 Å². The standard InChI is InChI=1S/C13H17ClN2O4/c1-7(2)9-5-8(6-11(14)16-9)12(18)15-4-3-10(17)13(19)20/h5-7,10,17H,3-4H2,1-2H3,(H,15,18)(H,19,20). The van der Waals surface area contributed by atoms with Gasteiger partial charge in [0, 0.05) is 24.2 Å². The Labute approximate surface area is 121 Å². The highest BCUT2D eigenvalue weighted by atomic mass is 35.5. The number of rotatable bonds is 6. The number of halogens is 1. The van der Waals surface area contributed by atoms with Crippen molar-refractivity contribution < 1.29 is 19.8 Å². The first-order chi connectivity index (χ1) is 9.31. The highest BCUT2D eigenvalue weighted by Crippen LogP contribution is 2.17. The molecule has 0 bridgehead atoms. The Balaban J connectivity index is 2.66. The van der Waals surface area contributed by atoms with Crippen molar-refractivity contribution >= 4 is 23.5 Å². The number of nitrogens with zero attached hydrogens (tertiary/aromatic N) is 1. The number of nitrogens with one attached hydrogen (secondary N) is 1. The highest BCUT2D eigenvalue weighted by molar-refractivity contribution is 6.29. The quantitative estimate of drug-likeness (QED) is 0.690. The number of aromatic nitrogens is 1. The molecule has 0 aromatic carbocycles. The van der Waals surface area contributed by atoms with Crippen LogP contribution in [0.5, 0.6) is 0 Å². The van der Waals surface area contributed by atoms with Gasteiger partial charge in [-0.15, -0.1) is 0 Å². The summed E-state index contributed by atoms with van der Waals surface area (Å²) in [5, 5.41) is 20.4. The number of carboxylic acids is 1. The molecule has 1 aromatic rings. The monoisotopic (exact) mass is 300 g/mol. The lowest BCUT2D eigenvalue weighted by molar-refractivity contribution is -0.146. The van der Waals surface area contributed by atoms with E-state index < -0.39 is 12.1 Å². The average molecular weight is 301 g/mol. The first kappa shape index (κ1) is 16.4. The van der Waals surface area contributed by atoms with Crippen molar-refractivity contribution in [2.24, 2.45) is 0 Å². The van der Waals surface area contributed by atoms with Crippen molar-refractivity contribution in [1.82, 2.24) is 10.3 Å². The Bertz CT molecular complexity index is 505. The van der Waals surface area contributed by atoms with Crippen molar-refractivity contribution in [2.45, 2.75) is 32.3 Å². The van der Waals surface area contributed by atoms with Gasteiger partial charge in [0.15, 0.2) is 6.10 Å². The number of aliphatic hydroxyl groups is 1. The third-order valence-corrected chi connectivity index (χ3v) is 2.85. The zero-order chi connectivity index (χ0) is 15.3. The lowest BCUT2D eigenvalue weighted by atomic mass is 10.1. The molecular formula is C13H17ClN2O4.